The molecular formula is C16H24O4. The Labute approximate surface area is 120 Å². The molecule has 2 N–H and O–H groups in total. The van der Waals surface area contributed by atoms with Crippen LogP contribution in [0.15, 0.2) is 12.1 Å². The number of unbranched alkanes of at least 4 members (excludes halogenated alkanes) is 3. The SMILES string of the molecule is CCCCCC.Cc1c(C(=O)O)ccc(C(=O)O)c1C. The van der Waals surface area contributed by atoms with E-state index in [1.807, 2.05) is 0 Å². The first-order valence-electron chi connectivity index (χ1n) is 6.93. The largest absolute Gasteiger partial charge is 0.478 e. The van der Waals surface area contributed by atoms with Crippen LogP contribution in [0.1, 0.15) is 71.4 Å². The quantitative estimate of drug-likeness (QED) is 0.789. The molecule has 0 aliphatic carbocycles. The molecular weight excluding hydrogens is 256 g/mol. The molecule has 20 heavy (non-hydrogen) atoms. The fourth-order valence-electron chi connectivity index (χ4n) is 1.78. The smallest absolute Gasteiger partial charge is 0.335 e. The predicted octanol–water partition coefficient (Wildman–Crippen LogP) is 4.29. The van der Waals surface area contributed by atoms with E-state index in [2.05, 4.69) is 13.8 Å². The summed E-state index contributed by atoms with van der Waals surface area (Å²) >= 11 is 0. The molecule has 1 aromatic carbocycles. The molecule has 0 radical (unpaired) electrons. The zero-order valence-electron chi connectivity index (χ0n) is 12.7. The van der Waals surface area contributed by atoms with Crippen molar-refractivity contribution in [3.05, 3.63) is 34.4 Å². The second-order valence-electron chi connectivity index (χ2n) is 4.73. The van der Waals surface area contributed by atoms with Crippen LogP contribution in [-0.4, -0.2) is 22.2 Å². The molecule has 0 unspecified atom stereocenters. The molecule has 0 spiro atoms. The predicted molar refractivity (Wildman–Crippen MR) is 79.7 cm³/mol. The summed E-state index contributed by atoms with van der Waals surface area (Å²) in [4.78, 5) is 21.4. The van der Waals surface area contributed by atoms with Crippen molar-refractivity contribution in [2.45, 2.75) is 53.4 Å². The summed E-state index contributed by atoms with van der Waals surface area (Å²) in [5.41, 5.74) is 1.29. The maximum absolute atomic E-state index is 10.7. The topological polar surface area (TPSA) is 74.6 Å². The molecule has 112 valence electrons. The summed E-state index contributed by atoms with van der Waals surface area (Å²) in [7, 11) is 0. The summed E-state index contributed by atoms with van der Waals surface area (Å²) in [5.74, 6) is -2.08. The van der Waals surface area contributed by atoms with Gasteiger partial charge in [0, 0.05) is 0 Å². The average Bonchev–Trinajstić information content (AvgIpc) is 2.39. The first-order chi connectivity index (χ1) is 9.36. The maximum Gasteiger partial charge on any atom is 0.335 e. The molecule has 0 bridgehead atoms. The van der Waals surface area contributed by atoms with Gasteiger partial charge in [-0.3, -0.25) is 0 Å². The van der Waals surface area contributed by atoms with Gasteiger partial charge in [0.1, 0.15) is 0 Å². The van der Waals surface area contributed by atoms with E-state index in [0.29, 0.717) is 11.1 Å². The number of hydrogen-bond donors (Lipinski definition) is 2. The Balaban J connectivity index is 0.000000511. The van der Waals surface area contributed by atoms with Crippen molar-refractivity contribution in [2.75, 3.05) is 0 Å². The molecule has 4 heteroatoms. The van der Waals surface area contributed by atoms with E-state index in [9.17, 15) is 9.59 Å². The number of hydrogen-bond acceptors (Lipinski definition) is 2. The highest BCUT2D eigenvalue weighted by Crippen LogP contribution is 2.17. The van der Waals surface area contributed by atoms with E-state index in [0.717, 1.165) is 0 Å². The van der Waals surface area contributed by atoms with Gasteiger partial charge in [-0.1, -0.05) is 39.5 Å². The van der Waals surface area contributed by atoms with Gasteiger partial charge in [0.05, 0.1) is 11.1 Å². The van der Waals surface area contributed by atoms with Crippen LogP contribution >= 0.6 is 0 Å². The summed E-state index contributed by atoms with van der Waals surface area (Å²) in [5, 5.41) is 17.5. The van der Waals surface area contributed by atoms with Crippen LogP contribution in [0.25, 0.3) is 0 Å². The Morgan fingerprint density at radius 2 is 1.15 bits per heavy atom. The van der Waals surface area contributed by atoms with Gasteiger partial charge in [0.25, 0.3) is 0 Å². The third-order valence-corrected chi connectivity index (χ3v) is 3.21. The van der Waals surface area contributed by atoms with E-state index in [-0.39, 0.29) is 11.1 Å². The lowest BCUT2D eigenvalue weighted by molar-refractivity contribution is 0.0679. The summed E-state index contributed by atoms with van der Waals surface area (Å²) in [6.45, 7) is 7.67. The van der Waals surface area contributed by atoms with Gasteiger partial charge >= 0.3 is 11.9 Å². The first-order valence-corrected chi connectivity index (χ1v) is 6.93. The van der Waals surface area contributed by atoms with Crippen LogP contribution < -0.4 is 0 Å². The van der Waals surface area contributed by atoms with Crippen molar-refractivity contribution in [3.8, 4) is 0 Å². The second kappa shape index (κ2) is 9.13. The Morgan fingerprint density at radius 3 is 1.35 bits per heavy atom. The molecule has 0 heterocycles. The highest BCUT2D eigenvalue weighted by Gasteiger charge is 2.14. The molecule has 0 aliphatic heterocycles. The van der Waals surface area contributed by atoms with Gasteiger partial charge in [-0.05, 0) is 37.1 Å². The Hall–Kier alpha value is -1.84. The minimum Gasteiger partial charge on any atom is -0.478 e. The van der Waals surface area contributed by atoms with Gasteiger partial charge in [-0.15, -0.1) is 0 Å². The number of carboxylic acid groups (broad SMARTS) is 2. The Kier molecular flexibility index (Phi) is 8.29. The number of aromatic carboxylic acids is 2. The van der Waals surface area contributed by atoms with Crippen LogP contribution in [0.5, 0.6) is 0 Å². The highest BCUT2D eigenvalue weighted by atomic mass is 16.4. The van der Waals surface area contributed by atoms with E-state index >= 15 is 0 Å². The molecule has 4 nitrogen and oxygen atoms in total. The van der Waals surface area contributed by atoms with E-state index < -0.39 is 11.9 Å². The van der Waals surface area contributed by atoms with Crippen molar-refractivity contribution >= 4 is 11.9 Å². The van der Waals surface area contributed by atoms with Gasteiger partial charge < -0.3 is 10.2 Å². The lowest BCUT2D eigenvalue weighted by atomic mass is 9.98. The third kappa shape index (κ3) is 5.43. The van der Waals surface area contributed by atoms with Crippen LogP contribution in [-0.2, 0) is 0 Å². The number of benzene rings is 1. The van der Waals surface area contributed by atoms with Crippen LogP contribution in [0.4, 0.5) is 0 Å². The van der Waals surface area contributed by atoms with Crippen molar-refractivity contribution < 1.29 is 19.8 Å². The molecule has 0 aromatic heterocycles. The average molecular weight is 280 g/mol. The van der Waals surface area contributed by atoms with E-state index in [4.69, 9.17) is 10.2 Å². The van der Waals surface area contributed by atoms with Gasteiger partial charge in [-0.25, -0.2) is 9.59 Å². The van der Waals surface area contributed by atoms with Crippen LogP contribution in [0, 0.1) is 13.8 Å². The fourth-order valence-corrected chi connectivity index (χ4v) is 1.78. The molecule has 0 saturated heterocycles. The number of rotatable bonds is 5. The van der Waals surface area contributed by atoms with Crippen LogP contribution in [0.2, 0.25) is 0 Å². The molecule has 1 rings (SSSR count). The standard InChI is InChI=1S/C10H10O4.C6H14/c1-5-6(2)8(10(13)14)4-3-7(5)9(11)12;1-3-5-6-4-2/h3-4H,1-2H3,(H,11,12)(H,13,14);3-6H2,1-2H3. The first kappa shape index (κ1) is 18.2. The maximum atomic E-state index is 10.7. The minimum atomic E-state index is -1.04. The molecule has 1 aromatic rings. The lowest BCUT2D eigenvalue weighted by Crippen LogP contribution is -2.06. The van der Waals surface area contributed by atoms with Crippen LogP contribution in [0.3, 0.4) is 0 Å². The number of carbonyl (C=O) groups is 2. The zero-order valence-corrected chi connectivity index (χ0v) is 12.7. The van der Waals surface area contributed by atoms with Crippen molar-refractivity contribution in [1.82, 2.24) is 0 Å². The van der Waals surface area contributed by atoms with Crippen molar-refractivity contribution in [2.24, 2.45) is 0 Å². The van der Waals surface area contributed by atoms with Gasteiger partial charge in [0.2, 0.25) is 0 Å². The fraction of sp³-hybridized carbons (Fsp3) is 0.500. The Bertz CT molecular complexity index is 421. The van der Waals surface area contributed by atoms with Crippen molar-refractivity contribution in [3.63, 3.8) is 0 Å². The van der Waals surface area contributed by atoms with Gasteiger partial charge in [0.15, 0.2) is 0 Å². The van der Waals surface area contributed by atoms with E-state index in [1.165, 1.54) is 37.8 Å². The monoisotopic (exact) mass is 280 g/mol. The molecule has 0 saturated carbocycles. The summed E-state index contributed by atoms with van der Waals surface area (Å²) in [6, 6.07) is 2.63. The number of carboxylic acids is 2. The van der Waals surface area contributed by atoms with E-state index in [1.54, 1.807) is 13.8 Å². The molecule has 0 atom stereocenters. The molecule has 0 amide bonds. The zero-order chi connectivity index (χ0) is 15.7. The van der Waals surface area contributed by atoms with Crippen molar-refractivity contribution in [1.29, 1.82) is 0 Å². The summed E-state index contributed by atoms with van der Waals surface area (Å²) < 4.78 is 0. The second-order valence-corrected chi connectivity index (χ2v) is 4.73. The molecule has 0 aliphatic rings. The summed E-state index contributed by atoms with van der Waals surface area (Å²) in [6.07, 6.45) is 5.54. The highest BCUT2D eigenvalue weighted by molar-refractivity contribution is 5.94. The molecule has 0 fully saturated rings. The third-order valence-electron chi connectivity index (χ3n) is 3.21. The normalized spacial score (nSPS) is 9.60. The van der Waals surface area contributed by atoms with Gasteiger partial charge in [-0.2, -0.15) is 0 Å². The Morgan fingerprint density at radius 1 is 0.850 bits per heavy atom. The minimum absolute atomic E-state index is 0.146. The lowest BCUT2D eigenvalue weighted by Gasteiger charge is -2.07.